The van der Waals surface area contributed by atoms with Gasteiger partial charge in [-0.25, -0.2) is 0 Å². The fourth-order valence-corrected chi connectivity index (χ4v) is 3.42. The van der Waals surface area contributed by atoms with Crippen LogP contribution in [0.3, 0.4) is 0 Å². The Morgan fingerprint density at radius 3 is 2.14 bits per heavy atom. The lowest BCUT2D eigenvalue weighted by Gasteiger charge is -2.30. The SMILES string of the molecule is COc1cc(OC)c(/C=N\N2CC[NH+](Cc3ccc(Cl)cc3)CC2)c(OC)c1. The molecule has 2 aromatic carbocycles. The molecule has 150 valence electrons. The number of piperazine rings is 1. The Morgan fingerprint density at radius 1 is 1.00 bits per heavy atom. The van der Waals surface area contributed by atoms with Crippen LogP contribution in [0.25, 0.3) is 0 Å². The van der Waals surface area contributed by atoms with Crippen LogP contribution in [0.5, 0.6) is 17.2 Å². The molecule has 0 aliphatic carbocycles. The van der Waals surface area contributed by atoms with Crippen molar-refractivity contribution in [3.63, 3.8) is 0 Å². The Balaban J connectivity index is 1.61. The van der Waals surface area contributed by atoms with E-state index in [0.717, 1.165) is 43.3 Å². The summed E-state index contributed by atoms with van der Waals surface area (Å²) in [6.45, 7) is 4.89. The lowest BCUT2D eigenvalue weighted by atomic mass is 10.2. The van der Waals surface area contributed by atoms with Crippen molar-refractivity contribution in [1.82, 2.24) is 5.01 Å². The van der Waals surface area contributed by atoms with Crippen molar-refractivity contribution in [2.45, 2.75) is 6.54 Å². The Bertz CT molecular complexity index is 778. The Hall–Kier alpha value is -2.44. The maximum Gasteiger partial charge on any atom is 0.135 e. The van der Waals surface area contributed by atoms with E-state index in [1.807, 2.05) is 24.3 Å². The Kier molecular flexibility index (Phi) is 7.01. The summed E-state index contributed by atoms with van der Waals surface area (Å²) in [6, 6.07) is 11.8. The average Bonchev–Trinajstić information content (AvgIpc) is 2.74. The number of nitrogens with zero attached hydrogens (tertiary/aromatic N) is 2. The van der Waals surface area contributed by atoms with Crippen LogP contribution in [0.2, 0.25) is 5.02 Å². The van der Waals surface area contributed by atoms with E-state index < -0.39 is 0 Å². The third-order valence-corrected chi connectivity index (χ3v) is 5.17. The van der Waals surface area contributed by atoms with Crippen LogP contribution in [-0.2, 0) is 6.54 Å². The Labute approximate surface area is 171 Å². The van der Waals surface area contributed by atoms with Gasteiger partial charge in [0.05, 0.1) is 59.3 Å². The smallest absolute Gasteiger partial charge is 0.135 e. The van der Waals surface area contributed by atoms with Crippen LogP contribution in [0, 0.1) is 0 Å². The van der Waals surface area contributed by atoms with Gasteiger partial charge in [0, 0.05) is 22.7 Å². The zero-order valence-electron chi connectivity index (χ0n) is 16.6. The van der Waals surface area contributed by atoms with Gasteiger partial charge in [0.15, 0.2) is 0 Å². The van der Waals surface area contributed by atoms with Crippen molar-refractivity contribution < 1.29 is 19.1 Å². The van der Waals surface area contributed by atoms with Gasteiger partial charge in [0.2, 0.25) is 0 Å². The minimum atomic E-state index is 0.673. The zero-order chi connectivity index (χ0) is 19.9. The van der Waals surface area contributed by atoms with Crippen molar-refractivity contribution >= 4 is 17.8 Å². The monoisotopic (exact) mass is 404 g/mol. The standard InChI is InChI=1S/C21H26ClN3O3/c1-26-18-12-20(27-2)19(21(13-18)28-3)14-23-25-10-8-24(9-11-25)15-16-4-6-17(22)7-5-16/h4-7,12-14H,8-11,15H2,1-3H3/p+1/b23-14-. The molecule has 1 fully saturated rings. The zero-order valence-corrected chi connectivity index (χ0v) is 17.3. The first-order valence-corrected chi connectivity index (χ1v) is 9.67. The minimum Gasteiger partial charge on any atom is -0.496 e. The van der Waals surface area contributed by atoms with Crippen molar-refractivity contribution in [2.75, 3.05) is 47.5 Å². The largest absolute Gasteiger partial charge is 0.496 e. The summed E-state index contributed by atoms with van der Waals surface area (Å²) >= 11 is 5.96. The number of quaternary nitrogens is 1. The summed E-state index contributed by atoms with van der Waals surface area (Å²) in [6.07, 6.45) is 1.81. The summed E-state index contributed by atoms with van der Waals surface area (Å²) < 4.78 is 16.2. The topological polar surface area (TPSA) is 47.7 Å². The van der Waals surface area contributed by atoms with E-state index in [2.05, 4.69) is 22.2 Å². The molecule has 2 aromatic rings. The number of methoxy groups -OCH3 is 3. The molecule has 0 unspecified atom stereocenters. The van der Waals surface area contributed by atoms with Gasteiger partial charge >= 0.3 is 0 Å². The number of hydrazone groups is 1. The van der Waals surface area contributed by atoms with Gasteiger partial charge in [-0.3, -0.25) is 5.01 Å². The number of ether oxygens (including phenoxy) is 3. The molecule has 3 rings (SSSR count). The van der Waals surface area contributed by atoms with Crippen molar-refractivity contribution in [3.8, 4) is 17.2 Å². The highest BCUT2D eigenvalue weighted by Crippen LogP contribution is 2.32. The fraction of sp³-hybridized carbons (Fsp3) is 0.381. The quantitative estimate of drug-likeness (QED) is 0.718. The highest BCUT2D eigenvalue weighted by molar-refractivity contribution is 6.30. The van der Waals surface area contributed by atoms with Crippen LogP contribution < -0.4 is 19.1 Å². The molecule has 0 aromatic heterocycles. The van der Waals surface area contributed by atoms with Crippen LogP contribution in [0.1, 0.15) is 11.1 Å². The summed E-state index contributed by atoms with van der Waals surface area (Å²) in [5, 5.41) is 7.53. The molecular formula is C21H27ClN3O3+. The van der Waals surface area contributed by atoms with E-state index in [-0.39, 0.29) is 0 Å². The number of hydrogen-bond acceptors (Lipinski definition) is 5. The number of hydrogen-bond donors (Lipinski definition) is 1. The van der Waals surface area contributed by atoms with Gasteiger partial charge in [0.25, 0.3) is 0 Å². The number of nitrogens with one attached hydrogen (secondary N) is 1. The van der Waals surface area contributed by atoms with Gasteiger partial charge in [-0.1, -0.05) is 23.7 Å². The number of halogens is 1. The molecule has 1 aliphatic rings. The van der Waals surface area contributed by atoms with E-state index in [1.54, 1.807) is 32.4 Å². The molecular weight excluding hydrogens is 378 g/mol. The second kappa shape index (κ2) is 9.66. The van der Waals surface area contributed by atoms with E-state index in [1.165, 1.54) is 5.56 Å². The lowest BCUT2D eigenvalue weighted by molar-refractivity contribution is -0.918. The molecule has 1 heterocycles. The fourth-order valence-electron chi connectivity index (χ4n) is 3.29. The van der Waals surface area contributed by atoms with E-state index in [0.29, 0.717) is 17.2 Å². The van der Waals surface area contributed by atoms with Crippen molar-refractivity contribution in [2.24, 2.45) is 5.10 Å². The molecule has 7 heteroatoms. The maximum atomic E-state index is 5.96. The highest BCUT2D eigenvalue weighted by atomic mass is 35.5. The first-order chi connectivity index (χ1) is 13.6. The number of benzene rings is 2. The third-order valence-electron chi connectivity index (χ3n) is 4.92. The van der Waals surface area contributed by atoms with Crippen molar-refractivity contribution in [3.05, 3.63) is 52.5 Å². The summed E-state index contributed by atoms with van der Waals surface area (Å²) in [7, 11) is 4.88. The van der Waals surface area contributed by atoms with Crippen molar-refractivity contribution in [1.29, 1.82) is 0 Å². The maximum absolute atomic E-state index is 5.96. The Morgan fingerprint density at radius 2 is 1.61 bits per heavy atom. The summed E-state index contributed by atoms with van der Waals surface area (Å²) in [5.41, 5.74) is 2.12. The van der Waals surface area contributed by atoms with Gasteiger partial charge in [0.1, 0.15) is 23.8 Å². The summed E-state index contributed by atoms with van der Waals surface area (Å²) in [5.74, 6) is 2.03. The van der Waals surface area contributed by atoms with Gasteiger partial charge in [-0.15, -0.1) is 0 Å². The second-order valence-electron chi connectivity index (χ2n) is 6.70. The molecule has 1 aliphatic heterocycles. The average molecular weight is 405 g/mol. The predicted octanol–water partition coefficient (Wildman–Crippen LogP) is 2.10. The molecule has 0 radical (unpaired) electrons. The normalized spacial score (nSPS) is 15.1. The van der Waals surface area contributed by atoms with Gasteiger partial charge in [-0.2, -0.15) is 5.10 Å². The molecule has 0 spiro atoms. The van der Waals surface area contributed by atoms with Gasteiger partial charge in [-0.05, 0) is 12.1 Å². The molecule has 1 saturated heterocycles. The predicted molar refractivity (Wildman–Crippen MR) is 111 cm³/mol. The lowest BCUT2D eigenvalue weighted by Crippen LogP contribution is -3.13. The number of rotatable bonds is 7. The second-order valence-corrected chi connectivity index (χ2v) is 7.13. The molecule has 0 amide bonds. The van der Waals surface area contributed by atoms with Crippen LogP contribution >= 0.6 is 11.6 Å². The van der Waals surface area contributed by atoms with E-state index >= 15 is 0 Å². The highest BCUT2D eigenvalue weighted by Gasteiger charge is 2.19. The first-order valence-electron chi connectivity index (χ1n) is 9.30. The first kappa shape index (κ1) is 20.3. The van der Waals surface area contributed by atoms with Crippen LogP contribution in [0.4, 0.5) is 0 Å². The molecule has 0 atom stereocenters. The third kappa shape index (κ3) is 5.09. The molecule has 28 heavy (non-hydrogen) atoms. The summed E-state index contributed by atoms with van der Waals surface area (Å²) in [4.78, 5) is 1.55. The molecule has 1 N–H and O–H groups in total. The van der Waals surface area contributed by atoms with Crippen LogP contribution in [-0.4, -0.2) is 58.7 Å². The van der Waals surface area contributed by atoms with Crippen LogP contribution in [0.15, 0.2) is 41.5 Å². The molecule has 0 saturated carbocycles. The molecule has 6 nitrogen and oxygen atoms in total. The van der Waals surface area contributed by atoms with E-state index in [4.69, 9.17) is 25.8 Å². The molecule has 0 bridgehead atoms. The van der Waals surface area contributed by atoms with Gasteiger partial charge < -0.3 is 19.1 Å². The minimum absolute atomic E-state index is 0.673. The van der Waals surface area contributed by atoms with E-state index in [9.17, 15) is 0 Å².